The third-order valence-electron chi connectivity index (χ3n) is 14.8. The van der Waals surface area contributed by atoms with Gasteiger partial charge < -0.3 is 14.2 Å². The van der Waals surface area contributed by atoms with Gasteiger partial charge in [-0.15, -0.1) is 0 Å². The maximum atomic E-state index is 12.8. The molecule has 0 aromatic rings. The molecule has 0 rings (SSSR count). The number of allylic oxidation sites excluding steroid dienone is 18. The van der Waals surface area contributed by atoms with Gasteiger partial charge in [-0.3, -0.25) is 14.4 Å². The minimum atomic E-state index is -0.778. The summed E-state index contributed by atoms with van der Waals surface area (Å²) < 4.78 is 16.8. The molecule has 0 radical (unpaired) electrons. The summed E-state index contributed by atoms with van der Waals surface area (Å²) in [5.74, 6) is -0.890. The zero-order valence-corrected chi connectivity index (χ0v) is 53.3. The fourth-order valence-electron chi connectivity index (χ4n) is 9.63. The van der Waals surface area contributed by atoms with E-state index in [-0.39, 0.29) is 31.1 Å². The molecule has 0 amide bonds. The van der Waals surface area contributed by atoms with Crippen molar-refractivity contribution in [3.63, 3.8) is 0 Å². The number of unbranched alkanes of at least 4 members (excludes halogenated alkanes) is 33. The molecule has 0 aliphatic rings. The van der Waals surface area contributed by atoms with Crippen LogP contribution in [0.1, 0.15) is 329 Å². The monoisotopic (exact) mass is 1120 g/mol. The third kappa shape index (κ3) is 66.8. The van der Waals surface area contributed by atoms with Gasteiger partial charge in [0.15, 0.2) is 6.10 Å². The van der Waals surface area contributed by atoms with Crippen molar-refractivity contribution in [2.75, 3.05) is 13.2 Å². The Morgan fingerprint density at radius 1 is 0.259 bits per heavy atom. The topological polar surface area (TPSA) is 78.9 Å². The van der Waals surface area contributed by atoms with E-state index in [4.69, 9.17) is 14.2 Å². The highest BCUT2D eigenvalue weighted by Gasteiger charge is 2.19. The minimum absolute atomic E-state index is 0.0786. The van der Waals surface area contributed by atoms with Gasteiger partial charge in [0, 0.05) is 19.3 Å². The van der Waals surface area contributed by atoms with Gasteiger partial charge in [-0.1, -0.05) is 310 Å². The quantitative estimate of drug-likeness (QED) is 0.0261. The Kier molecular flexibility index (Phi) is 65.2. The molecule has 6 heteroatoms. The molecule has 6 nitrogen and oxygen atoms in total. The van der Waals surface area contributed by atoms with E-state index >= 15 is 0 Å². The summed E-state index contributed by atoms with van der Waals surface area (Å²) in [5.41, 5.74) is 0. The maximum Gasteiger partial charge on any atom is 0.306 e. The third-order valence-corrected chi connectivity index (χ3v) is 14.8. The molecule has 0 spiro atoms. The molecule has 464 valence electrons. The highest BCUT2D eigenvalue weighted by atomic mass is 16.6. The van der Waals surface area contributed by atoms with Gasteiger partial charge in [0.1, 0.15) is 13.2 Å². The summed E-state index contributed by atoms with van der Waals surface area (Å²) in [5, 5.41) is 0. The molecule has 0 fully saturated rings. The summed E-state index contributed by atoms with van der Waals surface area (Å²) in [6.07, 6.45) is 94.5. The van der Waals surface area contributed by atoms with Crippen molar-refractivity contribution in [3.05, 3.63) is 109 Å². The van der Waals surface area contributed by atoms with Gasteiger partial charge in [0.05, 0.1) is 0 Å². The van der Waals surface area contributed by atoms with Crippen LogP contribution < -0.4 is 0 Å². The predicted octanol–water partition coefficient (Wildman–Crippen LogP) is 23.8. The average Bonchev–Trinajstić information content (AvgIpc) is 3.47. The van der Waals surface area contributed by atoms with Crippen LogP contribution in [0.4, 0.5) is 0 Å². The van der Waals surface area contributed by atoms with Crippen molar-refractivity contribution >= 4 is 17.9 Å². The molecule has 0 bridgehead atoms. The zero-order chi connectivity index (χ0) is 58.5. The van der Waals surface area contributed by atoms with E-state index in [2.05, 4.69) is 130 Å². The standard InChI is InChI=1S/C75H128O6/c1-4-7-10-13-15-17-19-21-23-25-27-29-31-32-33-34-35-36-37-38-39-40-41-42-44-45-47-49-51-53-55-57-59-62-65-68-74(77)80-71-72(70-79-73(76)67-64-61-12-9-6-3)81-75(78)69-66-63-60-58-56-54-52-50-48-46-43-30-28-26-24-22-20-18-16-14-11-8-5-2/h7,10,15,17,20-23,26-29,32-33,35-36,43,46,72H,4-6,8-9,11-14,16,18-19,24-25,30-31,34,37-42,44-45,47-71H2,1-3H3/b10-7-,17-15-,22-20-,23-21-,28-26-,29-27-,33-32-,36-35-,46-43-. The van der Waals surface area contributed by atoms with Gasteiger partial charge in [-0.25, -0.2) is 0 Å². The zero-order valence-electron chi connectivity index (χ0n) is 53.3. The van der Waals surface area contributed by atoms with Crippen molar-refractivity contribution in [1.29, 1.82) is 0 Å². The summed E-state index contributed by atoms with van der Waals surface area (Å²) in [6.45, 7) is 6.45. The van der Waals surface area contributed by atoms with Gasteiger partial charge in [0.25, 0.3) is 0 Å². The Labute approximate surface area is 501 Å². The Morgan fingerprint density at radius 2 is 0.481 bits per heavy atom. The smallest absolute Gasteiger partial charge is 0.306 e. The molecule has 1 unspecified atom stereocenters. The first-order chi connectivity index (χ1) is 40.0. The normalized spacial score (nSPS) is 12.8. The van der Waals surface area contributed by atoms with E-state index in [9.17, 15) is 14.4 Å². The summed E-state index contributed by atoms with van der Waals surface area (Å²) in [7, 11) is 0. The highest BCUT2D eigenvalue weighted by molar-refractivity contribution is 5.71. The second kappa shape index (κ2) is 68.6. The largest absolute Gasteiger partial charge is 0.462 e. The summed E-state index contributed by atoms with van der Waals surface area (Å²) in [4.78, 5) is 38.0. The molecule has 1 atom stereocenters. The molecule has 0 aliphatic carbocycles. The number of ether oxygens (including phenoxy) is 3. The van der Waals surface area contributed by atoms with Gasteiger partial charge in [-0.2, -0.15) is 0 Å². The van der Waals surface area contributed by atoms with Crippen LogP contribution in [0, 0.1) is 0 Å². The second-order valence-corrected chi connectivity index (χ2v) is 22.7. The lowest BCUT2D eigenvalue weighted by atomic mass is 10.0. The number of rotatable bonds is 62. The Morgan fingerprint density at radius 3 is 0.753 bits per heavy atom. The number of carbonyl (C=O) groups is 3. The van der Waals surface area contributed by atoms with Crippen LogP contribution in [-0.4, -0.2) is 37.2 Å². The van der Waals surface area contributed by atoms with Gasteiger partial charge >= 0.3 is 17.9 Å². The predicted molar refractivity (Wildman–Crippen MR) is 353 cm³/mol. The van der Waals surface area contributed by atoms with Gasteiger partial charge in [-0.05, 0) is 109 Å². The van der Waals surface area contributed by atoms with E-state index in [0.717, 1.165) is 122 Å². The molecule has 0 aromatic carbocycles. The van der Waals surface area contributed by atoms with Crippen LogP contribution in [0.5, 0.6) is 0 Å². The van der Waals surface area contributed by atoms with E-state index in [1.165, 1.54) is 167 Å². The van der Waals surface area contributed by atoms with E-state index in [1.807, 2.05) is 0 Å². The minimum Gasteiger partial charge on any atom is -0.462 e. The Balaban J connectivity index is 3.98. The Hall–Kier alpha value is -3.93. The second-order valence-electron chi connectivity index (χ2n) is 22.7. The van der Waals surface area contributed by atoms with E-state index in [1.54, 1.807) is 0 Å². The Bertz CT molecular complexity index is 1620. The van der Waals surface area contributed by atoms with E-state index in [0.29, 0.717) is 19.3 Å². The van der Waals surface area contributed by atoms with Crippen molar-refractivity contribution in [2.45, 2.75) is 335 Å². The number of hydrogen-bond donors (Lipinski definition) is 0. The van der Waals surface area contributed by atoms with Crippen molar-refractivity contribution in [1.82, 2.24) is 0 Å². The average molecular weight is 1130 g/mol. The molecule has 0 aliphatic heterocycles. The lowest BCUT2D eigenvalue weighted by Gasteiger charge is -2.18. The molecule has 0 N–H and O–H groups in total. The van der Waals surface area contributed by atoms with Crippen LogP contribution in [0.15, 0.2) is 109 Å². The van der Waals surface area contributed by atoms with Crippen LogP contribution >= 0.6 is 0 Å². The molecule has 0 heterocycles. The molecule has 81 heavy (non-hydrogen) atoms. The number of hydrogen-bond acceptors (Lipinski definition) is 6. The fraction of sp³-hybridized carbons (Fsp3) is 0.720. The number of carbonyl (C=O) groups excluding carboxylic acids is 3. The summed E-state index contributed by atoms with van der Waals surface area (Å²) >= 11 is 0. The molecular weight excluding hydrogens is 997 g/mol. The van der Waals surface area contributed by atoms with Crippen molar-refractivity contribution in [2.24, 2.45) is 0 Å². The maximum absolute atomic E-state index is 12.8. The van der Waals surface area contributed by atoms with Crippen LogP contribution in [0.3, 0.4) is 0 Å². The SMILES string of the molecule is CC/C=C\C/C=C\C/C=C\C/C=C\C/C=C\C/C=C\CCCCCCCCCCCCCCCCCCC(=O)OCC(COC(=O)CCCCCCC)OC(=O)CCCCCCCCCC/C=C\C/C=C\C/C=C\CCCCCCC. The van der Waals surface area contributed by atoms with Crippen LogP contribution in [-0.2, 0) is 28.6 Å². The first-order valence-corrected chi connectivity index (χ1v) is 34.4. The van der Waals surface area contributed by atoms with Crippen LogP contribution in [0.25, 0.3) is 0 Å². The number of esters is 3. The first kappa shape index (κ1) is 77.1. The van der Waals surface area contributed by atoms with Crippen LogP contribution in [0.2, 0.25) is 0 Å². The molecular formula is C75H128O6. The van der Waals surface area contributed by atoms with Crippen molar-refractivity contribution < 1.29 is 28.6 Å². The van der Waals surface area contributed by atoms with E-state index < -0.39 is 6.10 Å². The lowest BCUT2D eigenvalue weighted by molar-refractivity contribution is -0.167. The van der Waals surface area contributed by atoms with Crippen molar-refractivity contribution in [3.8, 4) is 0 Å². The molecule has 0 saturated heterocycles. The summed E-state index contributed by atoms with van der Waals surface area (Å²) in [6, 6.07) is 0. The fourth-order valence-corrected chi connectivity index (χ4v) is 9.63. The first-order valence-electron chi connectivity index (χ1n) is 34.4. The van der Waals surface area contributed by atoms with Gasteiger partial charge in [0.2, 0.25) is 0 Å². The molecule has 0 aromatic heterocycles. The highest BCUT2D eigenvalue weighted by Crippen LogP contribution is 2.17. The lowest BCUT2D eigenvalue weighted by Crippen LogP contribution is -2.30. The molecule has 0 saturated carbocycles.